The SMILES string of the molecule is C[Si](C)=[Zr+2].Cc1[cH-]c(C)c(C)c1C.Cc1cc(-c2c[cH-]c3ccccc23)c(C)c(C)c1C. The summed E-state index contributed by atoms with van der Waals surface area (Å²) < 4.78 is 0. The van der Waals surface area contributed by atoms with Crippen LogP contribution in [-0.4, -0.2) is 5.43 Å². The van der Waals surface area contributed by atoms with Gasteiger partial charge in [0.1, 0.15) is 0 Å². The number of rotatable bonds is 1. The van der Waals surface area contributed by atoms with Gasteiger partial charge in [-0.2, -0.15) is 28.3 Å². The van der Waals surface area contributed by atoms with E-state index in [4.69, 9.17) is 0 Å². The van der Waals surface area contributed by atoms with Gasteiger partial charge in [0.2, 0.25) is 0 Å². The minimum atomic E-state index is 0.210. The zero-order valence-corrected chi connectivity index (χ0v) is 25.1. The van der Waals surface area contributed by atoms with Crippen LogP contribution < -0.4 is 0 Å². The Hall–Kier alpha value is -1.50. The monoisotopic (exact) mass is 516 g/mol. The van der Waals surface area contributed by atoms with Crippen molar-refractivity contribution in [1.82, 2.24) is 0 Å². The molecule has 0 amide bonds. The number of aryl methyl sites for hydroxylation is 3. The first kappa shape index (κ1) is 26.7. The number of hydrogen-bond acceptors (Lipinski definition) is 0. The fourth-order valence-corrected chi connectivity index (χ4v) is 4.01. The molecule has 0 heterocycles. The molecule has 0 radical (unpaired) electrons. The molecular weight excluding hydrogens is 480 g/mol. The molecule has 4 aromatic carbocycles. The van der Waals surface area contributed by atoms with E-state index in [1.54, 1.807) is 23.3 Å². The van der Waals surface area contributed by atoms with Gasteiger partial charge in [-0.3, -0.25) is 0 Å². The predicted molar refractivity (Wildman–Crippen MR) is 142 cm³/mol. The van der Waals surface area contributed by atoms with Gasteiger partial charge in [0.25, 0.3) is 0 Å². The van der Waals surface area contributed by atoms with Crippen LogP contribution in [0.2, 0.25) is 13.1 Å². The molecule has 0 aromatic heterocycles. The second-order valence-corrected chi connectivity index (χ2v) is 18.6. The van der Waals surface area contributed by atoms with Crippen molar-refractivity contribution >= 4 is 16.2 Å². The van der Waals surface area contributed by atoms with Crippen LogP contribution in [0.15, 0.2) is 48.5 Å². The first-order chi connectivity index (χ1) is 15.0. The van der Waals surface area contributed by atoms with E-state index >= 15 is 0 Å². The quantitative estimate of drug-likeness (QED) is 0.175. The standard InChI is InChI=1S/C19H19.C9H13.C2H6Si.Zr/c1-12-11-19(15(4)14(3)13(12)2)18-10-9-16-7-5-6-8-17(16)18;1-6-5-7(2)9(4)8(6)3;1-3-2;/h5-11H,1-4H3;5H,1-4H3;1-2H3;/q2*-1;;+2. The van der Waals surface area contributed by atoms with Gasteiger partial charge in [-0.05, 0) is 44.4 Å². The first-order valence-electron chi connectivity index (χ1n) is 11.4. The van der Waals surface area contributed by atoms with Crippen molar-refractivity contribution in [2.24, 2.45) is 0 Å². The van der Waals surface area contributed by atoms with Crippen molar-refractivity contribution in [3.05, 3.63) is 93.0 Å². The summed E-state index contributed by atoms with van der Waals surface area (Å²) in [5, 5.41) is 2.68. The van der Waals surface area contributed by atoms with Crippen molar-refractivity contribution in [2.75, 3.05) is 0 Å². The summed E-state index contributed by atoms with van der Waals surface area (Å²) in [7, 11) is 0. The largest absolute Gasteiger partial charge is 0.196 e. The van der Waals surface area contributed by atoms with Crippen LogP contribution in [0.1, 0.15) is 44.5 Å². The molecule has 0 fully saturated rings. The molecule has 4 rings (SSSR count). The second-order valence-electron chi connectivity index (χ2n) is 9.21. The van der Waals surface area contributed by atoms with Gasteiger partial charge in [0.15, 0.2) is 0 Å². The Bertz CT molecular complexity index is 1210. The van der Waals surface area contributed by atoms with Crippen molar-refractivity contribution in [1.29, 1.82) is 0 Å². The molecule has 2 heteroatoms. The summed E-state index contributed by atoms with van der Waals surface area (Å²) in [5.74, 6) is 0. The van der Waals surface area contributed by atoms with E-state index in [1.165, 1.54) is 66.4 Å². The van der Waals surface area contributed by atoms with Crippen LogP contribution in [0.5, 0.6) is 0 Å². The zero-order chi connectivity index (χ0) is 24.2. The van der Waals surface area contributed by atoms with E-state index in [0.717, 1.165) is 0 Å². The van der Waals surface area contributed by atoms with Crippen LogP contribution in [0.25, 0.3) is 21.9 Å². The fourth-order valence-electron chi connectivity index (χ4n) is 4.01. The number of fused-ring (bicyclic) bond motifs is 1. The number of hydrogen-bond donors (Lipinski definition) is 0. The molecular formula is C30H38SiZr. The Kier molecular flexibility index (Phi) is 9.68. The Morgan fingerprint density at radius 3 is 1.72 bits per heavy atom. The van der Waals surface area contributed by atoms with Crippen molar-refractivity contribution in [3.8, 4) is 11.1 Å². The minimum Gasteiger partial charge on any atom is -0.196 e. The summed E-state index contributed by atoms with van der Waals surface area (Å²) >= 11 is 1.74. The molecule has 166 valence electrons. The molecule has 0 aliphatic heterocycles. The van der Waals surface area contributed by atoms with Gasteiger partial charge >= 0.3 is 41.9 Å². The molecule has 0 aliphatic rings. The topological polar surface area (TPSA) is 0 Å². The Morgan fingerprint density at radius 1 is 0.688 bits per heavy atom. The maximum absolute atomic E-state index is 2.33. The number of benzene rings is 2. The van der Waals surface area contributed by atoms with Gasteiger partial charge < -0.3 is 0 Å². The van der Waals surface area contributed by atoms with E-state index in [1.807, 2.05) is 0 Å². The Balaban J connectivity index is 0.000000233. The van der Waals surface area contributed by atoms with E-state index in [-0.39, 0.29) is 5.43 Å². The van der Waals surface area contributed by atoms with Crippen molar-refractivity contribution in [2.45, 2.75) is 68.5 Å². The Morgan fingerprint density at radius 2 is 1.22 bits per heavy atom. The molecule has 4 aromatic rings. The van der Waals surface area contributed by atoms with Gasteiger partial charge in [0, 0.05) is 0 Å². The molecule has 0 saturated carbocycles. The van der Waals surface area contributed by atoms with E-state index in [2.05, 4.69) is 117 Å². The summed E-state index contributed by atoms with van der Waals surface area (Å²) in [6.45, 7) is 22.2. The molecule has 32 heavy (non-hydrogen) atoms. The summed E-state index contributed by atoms with van der Waals surface area (Å²) in [6, 6.07) is 17.7. The van der Waals surface area contributed by atoms with Gasteiger partial charge in [0.05, 0.1) is 0 Å². The molecule has 0 bridgehead atoms. The first-order valence-corrected chi connectivity index (χ1v) is 17.6. The minimum absolute atomic E-state index is 0.210. The molecule has 0 saturated heterocycles. The predicted octanol–water partition coefficient (Wildman–Crippen LogP) is 8.88. The third-order valence-electron chi connectivity index (χ3n) is 6.63. The Labute approximate surface area is 211 Å². The van der Waals surface area contributed by atoms with Crippen LogP contribution in [-0.2, 0) is 23.3 Å². The van der Waals surface area contributed by atoms with Crippen molar-refractivity contribution in [3.63, 3.8) is 0 Å². The van der Waals surface area contributed by atoms with Gasteiger partial charge in [-0.1, -0.05) is 51.0 Å². The van der Waals surface area contributed by atoms with E-state index < -0.39 is 0 Å². The van der Waals surface area contributed by atoms with E-state index in [9.17, 15) is 0 Å². The molecule has 0 spiro atoms. The van der Waals surface area contributed by atoms with Crippen LogP contribution in [0.3, 0.4) is 0 Å². The third-order valence-corrected chi connectivity index (χ3v) is 6.63. The third kappa shape index (κ3) is 6.30. The molecule has 0 N–H and O–H groups in total. The summed E-state index contributed by atoms with van der Waals surface area (Å²) in [5.41, 5.74) is 14.3. The van der Waals surface area contributed by atoms with E-state index in [0.29, 0.717) is 0 Å². The average molecular weight is 518 g/mol. The van der Waals surface area contributed by atoms with Gasteiger partial charge in [-0.15, -0.1) is 46.7 Å². The van der Waals surface area contributed by atoms with Crippen LogP contribution in [0.4, 0.5) is 0 Å². The maximum atomic E-state index is 2.33. The maximum Gasteiger partial charge on any atom is -0.0392 e. The second kappa shape index (κ2) is 11.6. The summed E-state index contributed by atoms with van der Waals surface area (Å²) in [6.07, 6.45) is 0. The average Bonchev–Trinajstić information content (AvgIpc) is 3.26. The molecule has 0 nitrogen and oxygen atoms in total. The fraction of sp³-hybridized carbons (Fsp3) is 0.333. The smallest absolute Gasteiger partial charge is 0.0392 e. The van der Waals surface area contributed by atoms with Gasteiger partial charge in [-0.25, -0.2) is 0 Å². The molecule has 0 unspecified atom stereocenters. The summed E-state index contributed by atoms with van der Waals surface area (Å²) in [4.78, 5) is 0. The van der Waals surface area contributed by atoms with Crippen molar-refractivity contribution < 1.29 is 23.3 Å². The van der Waals surface area contributed by atoms with Crippen LogP contribution in [0, 0.1) is 55.4 Å². The van der Waals surface area contributed by atoms with Crippen LogP contribution >= 0.6 is 0 Å². The molecule has 0 aliphatic carbocycles. The normalized spacial score (nSPS) is 10.4. The molecule has 0 atom stereocenters. The zero-order valence-electron chi connectivity index (χ0n) is 21.6.